The van der Waals surface area contributed by atoms with E-state index in [9.17, 15) is 22.4 Å². The predicted molar refractivity (Wildman–Crippen MR) is 94.9 cm³/mol. The summed E-state index contributed by atoms with van der Waals surface area (Å²) >= 11 is 0. The van der Waals surface area contributed by atoms with Gasteiger partial charge >= 0.3 is 6.18 Å². The van der Waals surface area contributed by atoms with Crippen molar-refractivity contribution in [1.82, 2.24) is 9.78 Å². The smallest absolute Gasteiger partial charge is 0.321 e. The second-order valence-corrected chi connectivity index (χ2v) is 6.52. The summed E-state index contributed by atoms with van der Waals surface area (Å²) in [4.78, 5) is 12.7. The van der Waals surface area contributed by atoms with Gasteiger partial charge in [0.1, 0.15) is 11.5 Å². The lowest BCUT2D eigenvalue weighted by molar-refractivity contribution is -0.137. The maximum atomic E-state index is 14.2. The van der Waals surface area contributed by atoms with Crippen LogP contribution >= 0.6 is 0 Å². The monoisotopic (exact) mass is 389 g/mol. The maximum absolute atomic E-state index is 14.2. The van der Waals surface area contributed by atoms with E-state index >= 15 is 0 Å². The number of nitrogens with zero attached hydrogens (tertiary/aromatic N) is 2. The minimum atomic E-state index is -4.44. The number of fused-ring (bicyclic) bond motifs is 1. The molecular weight excluding hydrogens is 374 g/mol. The van der Waals surface area contributed by atoms with Gasteiger partial charge in [-0.2, -0.15) is 18.3 Å². The molecule has 0 fully saturated rings. The number of nitrogens with one attached hydrogen (secondary N) is 1. The molecule has 4 rings (SSSR count). The van der Waals surface area contributed by atoms with E-state index in [1.807, 2.05) is 0 Å². The van der Waals surface area contributed by atoms with Gasteiger partial charge in [0.25, 0.3) is 5.91 Å². The summed E-state index contributed by atoms with van der Waals surface area (Å²) in [5, 5.41) is 6.87. The number of halogens is 4. The predicted octanol–water partition coefficient (Wildman–Crippen LogP) is 4.77. The standard InChI is InChI=1S/C20H15F4N3O/c21-15-5-1-2-6-17(15)27-16-7-3-4-14(16)18(26-27)19(28)25-13-10-8-12(9-11-13)20(22,23)24/h1-2,5-6,8-11H,3-4,7H2,(H,25,28). The van der Waals surface area contributed by atoms with E-state index in [-0.39, 0.29) is 17.1 Å². The SMILES string of the molecule is O=C(Nc1ccc(C(F)(F)F)cc1)c1nn(-c2ccccc2F)c2c1CCC2. The van der Waals surface area contributed by atoms with Crippen molar-refractivity contribution >= 4 is 11.6 Å². The van der Waals surface area contributed by atoms with E-state index in [1.54, 1.807) is 18.2 Å². The van der Waals surface area contributed by atoms with Gasteiger partial charge in [0.15, 0.2) is 5.69 Å². The first kappa shape index (κ1) is 18.2. The third-order valence-electron chi connectivity index (χ3n) is 4.70. The van der Waals surface area contributed by atoms with Gasteiger partial charge in [0, 0.05) is 16.9 Å². The summed E-state index contributed by atoms with van der Waals surface area (Å²) in [5.74, 6) is -0.984. The summed E-state index contributed by atoms with van der Waals surface area (Å²) in [6.07, 6.45) is -2.31. The van der Waals surface area contributed by atoms with Crippen LogP contribution in [0.25, 0.3) is 5.69 Å². The quantitative estimate of drug-likeness (QED) is 0.656. The third-order valence-corrected chi connectivity index (χ3v) is 4.70. The van der Waals surface area contributed by atoms with Crippen LogP contribution in [0.4, 0.5) is 23.2 Å². The Bertz CT molecular complexity index is 1040. The van der Waals surface area contributed by atoms with Gasteiger partial charge in [-0.05, 0) is 55.7 Å². The lowest BCUT2D eigenvalue weighted by atomic mass is 10.1. The molecule has 0 spiro atoms. The Morgan fingerprint density at radius 3 is 2.43 bits per heavy atom. The molecule has 1 heterocycles. The molecular formula is C20H15F4N3O. The van der Waals surface area contributed by atoms with Crippen LogP contribution in [0.2, 0.25) is 0 Å². The molecule has 4 nitrogen and oxygen atoms in total. The van der Waals surface area contributed by atoms with Crippen molar-refractivity contribution in [2.75, 3.05) is 5.32 Å². The molecule has 8 heteroatoms. The van der Waals surface area contributed by atoms with Crippen LogP contribution in [-0.4, -0.2) is 15.7 Å². The van der Waals surface area contributed by atoms with Crippen molar-refractivity contribution in [1.29, 1.82) is 0 Å². The normalized spacial score (nSPS) is 13.4. The van der Waals surface area contributed by atoms with Crippen molar-refractivity contribution in [3.63, 3.8) is 0 Å². The van der Waals surface area contributed by atoms with Gasteiger partial charge in [0.05, 0.1) is 5.56 Å². The van der Waals surface area contributed by atoms with E-state index in [0.717, 1.165) is 29.8 Å². The highest BCUT2D eigenvalue weighted by Crippen LogP contribution is 2.31. The van der Waals surface area contributed by atoms with Gasteiger partial charge in [-0.15, -0.1) is 0 Å². The molecule has 0 saturated heterocycles. The van der Waals surface area contributed by atoms with Gasteiger partial charge in [-0.3, -0.25) is 4.79 Å². The van der Waals surface area contributed by atoms with Crippen LogP contribution < -0.4 is 5.32 Å². The van der Waals surface area contributed by atoms with Crippen molar-refractivity contribution in [3.05, 3.63) is 76.9 Å². The second-order valence-electron chi connectivity index (χ2n) is 6.52. The van der Waals surface area contributed by atoms with Crippen molar-refractivity contribution < 1.29 is 22.4 Å². The summed E-state index contributed by atoms with van der Waals surface area (Å²) in [6, 6.07) is 10.3. The van der Waals surface area contributed by atoms with Gasteiger partial charge in [0.2, 0.25) is 0 Å². The summed E-state index contributed by atoms with van der Waals surface area (Å²) in [5.41, 5.74) is 1.38. The van der Waals surface area contributed by atoms with Crippen LogP contribution in [0.1, 0.15) is 33.7 Å². The average molecular weight is 389 g/mol. The number of para-hydroxylation sites is 1. The molecule has 0 atom stereocenters. The van der Waals surface area contributed by atoms with Crippen molar-refractivity contribution in [2.24, 2.45) is 0 Å². The number of carbonyl (C=O) groups excluding carboxylic acids is 1. The van der Waals surface area contributed by atoms with E-state index in [0.29, 0.717) is 12.8 Å². The third kappa shape index (κ3) is 3.26. The highest BCUT2D eigenvalue weighted by atomic mass is 19.4. The van der Waals surface area contributed by atoms with E-state index < -0.39 is 23.5 Å². The van der Waals surface area contributed by atoms with Crippen LogP contribution in [0.15, 0.2) is 48.5 Å². The van der Waals surface area contributed by atoms with Crippen LogP contribution in [0.3, 0.4) is 0 Å². The molecule has 0 bridgehead atoms. The van der Waals surface area contributed by atoms with Gasteiger partial charge in [-0.25, -0.2) is 9.07 Å². The molecule has 1 aliphatic carbocycles. The Labute approximate surface area is 157 Å². The Morgan fingerprint density at radius 1 is 1.04 bits per heavy atom. The molecule has 0 unspecified atom stereocenters. The minimum Gasteiger partial charge on any atom is -0.321 e. The zero-order valence-corrected chi connectivity index (χ0v) is 14.6. The van der Waals surface area contributed by atoms with Crippen LogP contribution in [-0.2, 0) is 19.0 Å². The number of benzene rings is 2. The van der Waals surface area contributed by atoms with Gasteiger partial charge in [-0.1, -0.05) is 12.1 Å². The fourth-order valence-electron chi connectivity index (χ4n) is 3.38. The molecule has 28 heavy (non-hydrogen) atoms. The number of anilines is 1. The maximum Gasteiger partial charge on any atom is 0.416 e. The highest BCUT2D eigenvalue weighted by molar-refractivity contribution is 6.04. The van der Waals surface area contributed by atoms with Crippen molar-refractivity contribution in [2.45, 2.75) is 25.4 Å². The lowest BCUT2D eigenvalue weighted by Gasteiger charge is -2.08. The fourth-order valence-corrected chi connectivity index (χ4v) is 3.38. The number of hydrogen-bond acceptors (Lipinski definition) is 2. The molecule has 0 saturated carbocycles. The Balaban J connectivity index is 1.64. The first-order valence-electron chi connectivity index (χ1n) is 8.69. The molecule has 1 aromatic heterocycles. The van der Waals surface area contributed by atoms with Crippen molar-refractivity contribution in [3.8, 4) is 5.69 Å². The Morgan fingerprint density at radius 2 is 1.75 bits per heavy atom. The highest BCUT2D eigenvalue weighted by Gasteiger charge is 2.30. The lowest BCUT2D eigenvalue weighted by Crippen LogP contribution is -2.15. The molecule has 1 N–H and O–H groups in total. The molecule has 0 radical (unpaired) electrons. The number of amides is 1. The number of rotatable bonds is 3. The van der Waals surface area contributed by atoms with Crippen LogP contribution in [0, 0.1) is 5.82 Å². The largest absolute Gasteiger partial charge is 0.416 e. The molecule has 0 aliphatic heterocycles. The number of hydrogen-bond donors (Lipinski definition) is 1. The topological polar surface area (TPSA) is 46.9 Å². The van der Waals surface area contributed by atoms with E-state index in [1.165, 1.54) is 22.9 Å². The number of alkyl halides is 3. The van der Waals surface area contributed by atoms with E-state index in [4.69, 9.17) is 0 Å². The summed E-state index contributed by atoms with van der Waals surface area (Å²) < 4.78 is 53.6. The summed E-state index contributed by atoms with van der Waals surface area (Å²) in [6.45, 7) is 0. The number of carbonyl (C=O) groups is 1. The second kappa shape index (κ2) is 6.78. The fraction of sp³-hybridized carbons (Fsp3) is 0.200. The number of aromatic nitrogens is 2. The van der Waals surface area contributed by atoms with E-state index in [2.05, 4.69) is 10.4 Å². The zero-order valence-electron chi connectivity index (χ0n) is 14.6. The molecule has 1 aliphatic rings. The Hall–Kier alpha value is -3.16. The Kier molecular flexibility index (Phi) is 4.41. The summed E-state index contributed by atoms with van der Waals surface area (Å²) in [7, 11) is 0. The zero-order chi connectivity index (χ0) is 19.9. The van der Waals surface area contributed by atoms with Gasteiger partial charge < -0.3 is 5.32 Å². The van der Waals surface area contributed by atoms with Crippen LogP contribution in [0.5, 0.6) is 0 Å². The molecule has 3 aromatic rings. The first-order valence-corrected chi connectivity index (χ1v) is 8.69. The minimum absolute atomic E-state index is 0.163. The first-order chi connectivity index (χ1) is 13.3. The molecule has 144 valence electrons. The molecule has 2 aromatic carbocycles. The molecule has 1 amide bonds. The average Bonchev–Trinajstić information content (AvgIpc) is 3.24.